The van der Waals surface area contributed by atoms with E-state index in [0.29, 0.717) is 26.5 Å². The van der Waals surface area contributed by atoms with Gasteiger partial charge >= 0.3 is 0 Å². The van der Waals surface area contributed by atoms with E-state index in [9.17, 15) is 0 Å². The van der Waals surface area contributed by atoms with Gasteiger partial charge in [0, 0.05) is 40.8 Å². The zero-order chi connectivity index (χ0) is 14.2. The van der Waals surface area contributed by atoms with Gasteiger partial charge in [0.05, 0.1) is 5.03 Å². The van der Waals surface area contributed by atoms with E-state index in [1.165, 1.54) is 0 Å². The van der Waals surface area contributed by atoms with Crippen molar-refractivity contribution in [3.8, 4) is 0 Å². The number of halogens is 4. The van der Waals surface area contributed by atoms with Crippen LogP contribution in [0, 0.1) is 0 Å². The molecule has 0 aliphatic heterocycles. The van der Waals surface area contributed by atoms with Crippen molar-refractivity contribution in [2.75, 3.05) is 19.0 Å². The third kappa shape index (κ3) is 3.22. The van der Waals surface area contributed by atoms with Gasteiger partial charge in [-0.2, -0.15) is 0 Å². The molecule has 0 radical (unpaired) electrons. The van der Waals surface area contributed by atoms with E-state index < -0.39 is 0 Å². The third-order valence-electron chi connectivity index (χ3n) is 3.09. The van der Waals surface area contributed by atoms with Crippen LogP contribution in [-0.4, -0.2) is 14.1 Å². The van der Waals surface area contributed by atoms with Gasteiger partial charge in [-0.15, -0.1) is 0 Å². The van der Waals surface area contributed by atoms with Crippen LogP contribution in [0.15, 0.2) is 39.4 Å². The summed E-state index contributed by atoms with van der Waals surface area (Å²) in [5.41, 5.74) is 2.13. The Morgan fingerprint density at radius 2 is 1.79 bits per heavy atom. The minimum atomic E-state index is -0.00670. The Bertz CT molecular complexity index is 561. The second kappa shape index (κ2) is 5.97. The maximum atomic E-state index is 6.33. The average Bonchev–Trinajstić information content (AvgIpc) is 2.33. The number of nitrogens with zero attached hydrogens (tertiary/aromatic N) is 1. The van der Waals surface area contributed by atoms with Crippen molar-refractivity contribution < 1.29 is 0 Å². The lowest BCUT2D eigenvalue weighted by molar-refractivity contribution is 0.819. The first-order valence-electron chi connectivity index (χ1n) is 5.78. The van der Waals surface area contributed by atoms with Crippen molar-refractivity contribution in [1.82, 2.24) is 0 Å². The number of hydrogen-bond acceptors (Lipinski definition) is 1. The Morgan fingerprint density at radius 3 is 2.42 bits per heavy atom. The van der Waals surface area contributed by atoms with Crippen molar-refractivity contribution in [3.63, 3.8) is 0 Å². The van der Waals surface area contributed by atoms with Crippen LogP contribution in [0.4, 0.5) is 5.69 Å². The lowest BCUT2D eigenvalue weighted by atomic mass is 9.90. The highest BCUT2D eigenvalue weighted by atomic mass is 35.5. The second-order valence-corrected chi connectivity index (χ2v) is 6.37. The maximum absolute atomic E-state index is 6.33. The van der Waals surface area contributed by atoms with Gasteiger partial charge in [-0.3, -0.25) is 0 Å². The van der Waals surface area contributed by atoms with Crippen LogP contribution in [0.2, 0.25) is 5.02 Å². The summed E-state index contributed by atoms with van der Waals surface area (Å²) >= 11 is 24.6. The number of anilines is 1. The van der Waals surface area contributed by atoms with Gasteiger partial charge < -0.3 is 4.90 Å². The first-order chi connectivity index (χ1) is 8.90. The summed E-state index contributed by atoms with van der Waals surface area (Å²) in [5, 5.41) is 2.50. The molecule has 0 amide bonds. The quantitative estimate of drug-likeness (QED) is 0.669. The monoisotopic (exact) mass is 335 g/mol. The molecule has 19 heavy (non-hydrogen) atoms. The fourth-order valence-electron chi connectivity index (χ4n) is 2.14. The lowest BCUT2D eigenvalue weighted by Crippen LogP contribution is -2.14. The Balaban J connectivity index is 2.49. The molecule has 5 heteroatoms. The minimum absolute atomic E-state index is 0.00670. The van der Waals surface area contributed by atoms with Crippen LogP contribution in [-0.2, 0) is 0 Å². The molecule has 1 unspecified atom stereocenters. The fraction of sp³-hybridized carbons (Fsp3) is 0.286. The zero-order valence-corrected chi connectivity index (χ0v) is 13.6. The molecule has 0 heterocycles. The van der Waals surface area contributed by atoms with Gasteiger partial charge in [-0.25, -0.2) is 0 Å². The third-order valence-corrected chi connectivity index (χ3v) is 4.49. The molecule has 0 aromatic heterocycles. The lowest BCUT2D eigenvalue weighted by Gasteiger charge is -2.26. The van der Waals surface area contributed by atoms with Crippen LogP contribution in [0.25, 0.3) is 0 Å². The maximum Gasteiger partial charge on any atom is 0.0563 e. The smallest absolute Gasteiger partial charge is 0.0563 e. The summed E-state index contributed by atoms with van der Waals surface area (Å²) in [6, 6.07) is 5.78. The van der Waals surface area contributed by atoms with Gasteiger partial charge in [0.2, 0.25) is 0 Å². The van der Waals surface area contributed by atoms with Crippen LogP contribution >= 0.6 is 46.4 Å². The van der Waals surface area contributed by atoms with Crippen molar-refractivity contribution in [1.29, 1.82) is 0 Å². The molecule has 2 rings (SSSR count). The topological polar surface area (TPSA) is 3.24 Å². The van der Waals surface area contributed by atoms with E-state index in [0.717, 1.165) is 11.3 Å². The molecule has 1 nitrogen and oxygen atoms in total. The predicted octanol–water partition coefficient (Wildman–Crippen LogP) is 5.71. The van der Waals surface area contributed by atoms with Crippen LogP contribution in [0.1, 0.15) is 17.9 Å². The summed E-state index contributed by atoms with van der Waals surface area (Å²) in [6.45, 7) is 0. The molecule has 0 saturated carbocycles. The van der Waals surface area contributed by atoms with Gasteiger partial charge in [0.1, 0.15) is 0 Å². The summed E-state index contributed by atoms with van der Waals surface area (Å²) in [7, 11) is 3.97. The van der Waals surface area contributed by atoms with E-state index in [1.807, 2.05) is 37.2 Å². The van der Waals surface area contributed by atoms with E-state index in [2.05, 4.69) is 0 Å². The molecule has 0 spiro atoms. The molecular formula is C14H13Cl4N. The number of hydrogen-bond donors (Lipinski definition) is 0. The Labute approximate surface area is 133 Å². The van der Waals surface area contributed by atoms with E-state index in [1.54, 1.807) is 6.08 Å². The standard InChI is InChI=1S/C14H13Cl4N/c1-19(2)14-4-3-8(15)5-10(14)9-6-12(17)13(18)7-11(9)16/h3-5,7,9H,6H2,1-2H3. The van der Waals surface area contributed by atoms with Gasteiger partial charge in [-0.1, -0.05) is 46.4 Å². The van der Waals surface area contributed by atoms with E-state index >= 15 is 0 Å². The first kappa shape index (κ1) is 15.1. The van der Waals surface area contributed by atoms with Crippen LogP contribution in [0.5, 0.6) is 0 Å². The van der Waals surface area contributed by atoms with Gasteiger partial charge in [-0.05, 0) is 36.3 Å². The zero-order valence-electron chi connectivity index (χ0n) is 10.6. The van der Waals surface area contributed by atoms with Crippen molar-refractivity contribution in [2.45, 2.75) is 12.3 Å². The summed E-state index contributed by atoms with van der Waals surface area (Å²) in [4.78, 5) is 2.03. The molecule has 0 saturated heterocycles. The van der Waals surface area contributed by atoms with Crippen molar-refractivity contribution in [2.24, 2.45) is 0 Å². The van der Waals surface area contributed by atoms with Gasteiger partial charge in [0.25, 0.3) is 0 Å². The highest BCUT2D eigenvalue weighted by Crippen LogP contribution is 2.44. The number of benzene rings is 1. The van der Waals surface area contributed by atoms with E-state index in [4.69, 9.17) is 46.4 Å². The Kier molecular flexibility index (Phi) is 4.73. The molecule has 1 aromatic carbocycles. The normalized spacial score (nSPS) is 19.5. The van der Waals surface area contributed by atoms with Gasteiger partial charge in [0.15, 0.2) is 0 Å². The minimum Gasteiger partial charge on any atom is -0.377 e. The first-order valence-corrected chi connectivity index (χ1v) is 7.29. The molecule has 1 aromatic rings. The molecule has 1 aliphatic rings. The van der Waals surface area contributed by atoms with Crippen LogP contribution in [0.3, 0.4) is 0 Å². The molecule has 1 aliphatic carbocycles. The Hall–Kier alpha value is -0.340. The largest absolute Gasteiger partial charge is 0.377 e. The Morgan fingerprint density at radius 1 is 1.11 bits per heavy atom. The molecule has 0 N–H and O–H groups in total. The SMILES string of the molecule is CN(C)c1ccc(Cl)cc1C1CC(Cl)=C(Cl)C=C1Cl. The number of rotatable bonds is 2. The average molecular weight is 337 g/mol. The van der Waals surface area contributed by atoms with E-state index in [-0.39, 0.29) is 5.92 Å². The molecule has 1 atom stereocenters. The van der Waals surface area contributed by atoms with Crippen molar-refractivity contribution >= 4 is 52.1 Å². The second-order valence-electron chi connectivity index (χ2n) is 4.64. The number of allylic oxidation sites excluding steroid dienone is 4. The molecule has 0 fully saturated rings. The summed E-state index contributed by atoms with van der Waals surface area (Å²) < 4.78 is 0. The van der Waals surface area contributed by atoms with Crippen molar-refractivity contribution in [3.05, 3.63) is 50.0 Å². The molecule has 0 bridgehead atoms. The molecule has 102 valence electrons. The predicted molar refractivity (Wildman–Crippen MR) is 85.8 cm³/mol. The summed E-state index contributed by atoms with van der Waals surface area (Å²) in [6.07, 6.45) is 2.30. The summed E-state index contributed by atoms with van der Waals surface area (Å²) in [5.74, 6) is -0.00670. The fourth-order valence-corrected chi connectivity index (χ4v) is 3.09. The molecular weight excluding hydrogens is 324 g/mol. The van der Waals surface area contributed by atoms with Crippen LogP contribution < -0.4 is 4.90 Å². The highest BCUT2D eigenvalue weighted by molar-refractivity contribution is 6.42. The highest BCUT2D eigenvalue weighted by Gasteiger charge is 2.25.